The molecule has 0 saturated heterocycles. The summed E-state index contributed by atoms with van der Waals surface area (Å²) < 4.78 is 11.4. The third kappa shape index (κ3) is 3.12. The average Bonchev–Trinajstić information content (AvgIpc) is 2.92. The van der Waals surface area contributed by atoms with Crippen LogP contribution in [0.3, 0.4) is 0 Å². The number of carbonyl (C=O) groups excluding carboxylic acids is 1. The minimum absolute atomic E-state index is 0.0710. The lowest BCUT2D eigenvalue weighted by Gasteiger charge is -2.10. The van der Waals surface area contributed by atoms with E-state index in [1.807, 2.05) is 0 Å². The molecule has 0 atom stereocenters. The van der Waals surface area contributed by atoms with Gasteiger partial charge in [-0.05, 0) is 56.1 Å². The molecule has 0 saturated carbocycles. The molecule has 0 aliphatic carbocycles. The Labute approximate surface area is 142 Å². The van der Waals surface area contributed by atoms with Crippen molar-refractivity contribution in [2.24, 2.45) is 0 Å². The monoisotopic (exact) mass is 428 g/mol. The Hall–Kier alpha value is -1.93. The van der Waals surface area contributed by atoms with E-state index in [0.29, 0.717) is 31.8 Å². The first-order valence-corrected chi connectivity index (χ1v) is 7.77. The maximum Gasteiger partial charge on any atom is 0.323 e. The van der Waals surface area contributed by atoms with Gasteiger partial charge in [-0.15, -0.1) is 0 Å². The van der Waals surface area contributed by atoms with E-state index in [1.54, 1.807) is 30.3 Å². The molecule has 0 aromatic heterocycles. The highest BCUT2D eigenvalue weighted by Gasteiger charge is 2.14. The van der Waals surface area contributed by atoms with Crippen molar-refractivity contribution in [2.45, 2.75) is 0 Å². The van der Waals surface area contributed by atoms with Crippen LogP contribution in [0.2, 0.25) is 0 Å². The molecule has 2 aromatic rings. The van der Waals surface area contributed by atoms with Gasteiger partial charge in [-0.25, -0.2) is 4.79 Å². The van der Waals surface area contributed by atoms with Gasteiger partial charge in [-0.1, -0.05) is 0 Å². The van der Waals surface area contributed by atoms with E-state index in [9.17, 15) is 9.90 Å². The fraction of sp³-hybridized carbons (Fsp3) is 0.0714. The number of anilines is 2. The van der Waals surface area contributed by atoms with E-state index in [2.05, 4.69) is 42.5 Å². The molecular formula is C14H10Br2N2O4. The van der Waals surface area contributed by atoms with Gasteiger partial charge in [0.25, 0.3) is 0 Å². The third-order valence-corrected chi connectivity index (χ3v) is 4.11. The molecule has 8 heteroatoms. The van der Waals surface area contributed by atoms with Gasteiger partial charge in [0.15, 0.2) is 11.5 Å². The molecule has 1 aliphatic heterocycles. The van der Waals surface area contributed by atoms with Crippen LogP contribution in [0.25, 0.3) is 0 Å². The first-order valence-electron chi connectivity index (χ1n) is 6.18. The molecule has 0 bridgehead atoms. The predicted molar refractivity (Wildman–Crippen MR) is 88.7 cm³/mol. The fourth-order valence-corrected chi connectivity index (χ4v) is 3.09. The first-order chi connectivity index (χ1) is 10.5. The average molecular weight is 430 g/mol. The Morgan fingerprint density at radius 2 is 1.64 bits per heavy atom. The van der Waals surface area contributed by atoms with Crippen molar-refractivity contribution in [1.29, 1.82) is 0 Å². The molecule has 2 aromatic carbocycles. The Balaban J connectivity index is 1.70. The highest BCUT2D eigenvalue weighted by molar-refractivity contribution is 9.11. The second-order valence-electron chi connectivity index (χ2n) is 4.44. The van der Waals surface area contributed by atoms with Crippen molar-refractivity contribution >= 4 is 49.3 Å². The number of ether oxygens (including phenoxy) is 2. The largest absolute Gasteiger partial charge is 0.506 e. The lowest BCUT2D eigenvalue weighted by molar-refractivity contribution is 0.174. The number of benzene rings is 2. The summed E-state index contributed by atoms with van der Waals surface area (Å²) in [6.07, 6.45) is 0. The zero-order chi connectivity index (χ0) is 15.7. The van der Waals surface area contributed by atoms with Crippen LogP contribution in [0.15, 0.2) is 39.3 Å². The van der Waals surface area contributed by atoms with Gasteiger partial charge in [-0.2, -0.15) is 0 Å². The topological polar surface area (TPSA) is 79.8 Å². The molecule has 6 nitrogen and oxygen atoms in total. The normalized spacial score (nSPS) is 12.1. The quantitative estimate of drug-likeness (QED) is 0.622. The molecule has 114 valence electrons. The van der Waals surface area contributed by atoms with Gasteiger partial charge in [0.05, 0.1) is 8.95 Å². The number of rotatable bonds is 2. The van der Waals surface area contributed by atoms with Crippen molar-refractivity contribution in [3.05, 3.63) is 39.3 Å². The van der Waals surface area contributed by atoms with Crippen LogP contribution in [0, 0.1) is 0 Å². The van der Waals surface area contributed by atoms with Gasteiger partial charge in [0, 0.05) is 17.4 Å². The van der Waals surface area contributed by atoms with Crippen LogP contribution >= 0.6 is 31.9 Å². The highest BCUT2D eigenvalue weighted by Crippen LogP contribution is 2.36. The van der Waals surface area contributed by atoms with Crippen molar-refractivity contribution in [3.63, 3.8) is 0 Å². The number of carbonyl (C=O) groups is 1. The zero-order valence-corrected chi connectivity index (χ0v) is 14.2. The number of phenolic OH excluding ortho intramolecular Hbond substituents is 1. The highest BCUT2D eigenvalue weighted by atomic mass is 79.9. The van der Waals surface area contributed by atoms with E-state index in [1.165, 1.54) is 0 Å². The Morgan fingerprint density at radius 1 is 1.00 bits per heavy atom. The summed E-state index contributed by atoms with van der Waals surface area (Å²) >= 11 is 6.41. The van der Waals surface area contributed by atoms with Crippen LogP contribution in [-0.2, 0) is 0 Å². The van der Waals surface area contributed by atoms with Gasteiger partial charge >= 0.3 is 6.03 Å². The molecule has 22 heavy (non-hydrogen) atoms. The molecule has 3 N–H and O–H groups in total. The van der Waals surface area contributed by atoms with Crippen LogP contribution in [0.1, 0.15) is 0 Å². The molecule has 1 heterocycles. The number of fused-ring (bicyclic) bond motifs is 1. The van der Waals surface area contributed by atoms with Crippen LogP contribution < -0.4 is 20.1 Å². The number of halogens is 2. The minimum atomic E-state index is -0.414. The summed E-state index contributed by atoms with van der Waals surface area (Å²) in [5.41, 5.74) is 1.11. The van der Waals surface area contributed by atoms with E-state index in [0.717, 1.165) is 0 Å². The van der Waals surface area contributed by atoms with E-state index < -0.39 is 6.03 Å². The molecular weight excluding hydrogens is 420 g/mol. The van der Waals surface area contributed by atoms with Crippen LogP contribution in [-0.4, -0.2) is 17.9 Å². The zero-order valence-electron chi connectivity index (χ0n) is 11.0. The number of hydrogen-bond donors (Lipinski definition) is 3. The predicted octanol–water partition coefficient (Wildman–Crippen LogP) is 4.29. The second kappa shape index (κ2) is 6.05. The van der Waals surface area contributed by atoms with Crippen LogP contribution in [0.5, 0.6) is 17.2 Å². The van der Waals surface area contributed by atoms with Gasteiger partial charge in [-0.3, -0.25) is 0 Å². The molecule has 3 rings (SSSR count). The summed E-state index contributed by atoms with van der Waals surface area (Å²) in [5.74, 6) is 1.31. The second-order valence-corrected chi connectivity index (χ2v) is 6.14. The summed E-state index contributed by atoms with van der Waals surface area (Å²) in [4.78, 5) is 12.0. The first kappa shape index (κ1) is 15.0. The summed E-state index contributed by atoms with van der Waals surface area (Å²) in [7, 11) is 0. The van der Waals surface area contributed by atoms with Gasteiger partial charge in [0.2, 0.25) is 6.79 Å². The Morgan fingerprint density at radius 3 is 2.36 bits per heavy atom. The van der Waals surface area contributed by atoms with E-state index in [4.69, 9.17) is 9.47 Å². The summed E-state index contributed by atoms with van der Waals surface area (Å²) in [6, 6.07) is 7.91. The number of aromatic hydroxyl groups is 1. The Bertz CT molecular complexity index is 729. The number of nitrogens with one attached hydrogen (secondary N) is 2. The third-order valence-electron chi connectivity index (χ3n) is 2.91. The number of phenols is 1. The van der Waals surface area contributed by atoms with Crippen molar-refractivity contribution in [2.75, 3.05) is 17.4 Å². The maximum atomic E-state index is 12.0. The smallest absolute Gasteiger partial charge is 0.323 e. The van der Waals surface area contributed by atoms with Crippen molar-refractivity contribution in [1.82, 2.24) is 0 Å². The van der Waals surface area contributed by atoms with Gasteiger partial charge in [0.1, 0.15) is 5.75 Å². The van der Waals surface area contributed by atoms with E-state index in [-0.39, 0.29) is 12.5 Å². The lowest BCUT2D eigenvalue weighted by atomic mass is 10.3. The molecule has 2 amide bonds. The standard InChI is InChI=1S/C14H10Br2N2O4/c15-9-3-8(4-10(16)13(9)19)18-14(20)17-7-1-2-11-12(5-7)22-6-21-11/h1-5,19H,6H2,(H2,17,18,20). The summed E-state index contributed by atoms with van der Waals surface area (Å²) in [5, 5.41) is 15.0. The van der Waals surface area contributed by atoms with Crippen LogP contribution in [0.4, 0.5) is 16.2 Å². The maximum absolute atomic E-state index is 12.0. The molecule has 1 aliphatic rings. The minimum Gasteiger partial charge on any atom is -0.506 e. The molecule has 0 spiro atoms. The van der Waals surface area contributed by atoms with E-state index >= 15 is 0 Å². The molecule has 0 radical (unpaired) electrons. The molecule has 0 fully saturated rings. The fourth-order valence-electron chi connectivity index (χ4n) is 1.91. The van der Waals surface area contributed by atoms with Crippen molar-refractivity contribution in [3.8, 4) is 17.2 Å². The number of amides is 2. The lowest BCUT2D eigenvalue weighted by Crippen LogP contribution is -2.19. The SMILES string of the molecule is O=C(Nc1cc(Br)c(O)c(Br)c1)Nc1ccc2c(c1)OCO2. The molecule has 0 unspecified atom stereocenters. The number of hydrogen-bond acceptors (Lipinski definition) is 4. The summed E-state index contributed by atoms with van der Waals surface area (Å²) in [6.45, 7) is 0.181. The Kier molecular flexibility index (Phi) is 4.12. The van der Waals surface area contributed by atoms with Gasteiger partial charge < -0.3 is 25.2 Å². The van der Waals surface area contributed by atoms with Crippen molar-refractivity contribution < 1.29 is 19.4 Å². The number of urea groups is 1.